The molecule has 0 bridgehead atoms. The summed E-state index contributed by atoms with van der Waals surface area (Å²) in [5.41, 5.74) is 0. The molecule has 6 aromatic rings. The van der Waals surface area contributed by atoms with E-state index in [4.69, 9.17) is 0 Å². The van der Waals surface area contributed by atoms with Crippen molar-refractivity contribution < 1.29 is 50.6 Å². The van der Waals surface area contributed by atoms with Crippen molar-refractivity contribution in [1.29, 1.82) is 0 Å². The summed E-state index contributed by atoms with van der Waals surface area (Å²) in [6, 6.07) is 64.7. The Balaban J connectivity index is 0.000000207. The summed E-state index contributed by atoms with van der Waals surface area (Å²) >= 11 is 0. The standard InChI is InChI=1S/2C18H15P.H2O7S2.Pt/c2*1-4-10-16(11-5-1)19(17-12-6-2-7-13-17)18-14-8-3-9-15-18;1-8(2,3)7-9(4,5)6;/h2*1-15H;(H,1,2,3)(H,4,5,6);/q;;;+2/p-2. The minimum Gasteiger partial charge on any atom is -0.725 e. The fraction of sp³-hybridized carbons (Fsp3) is 0. The van der Waals surface area contributed by atoms with Gasteiger partial charge in [-0.15, -0.1) is 0 Å². The maximum absolute atomic E-state index is 9.29. The molecule has 48 heavy (non-hydrogen) atoms. The fourth-order valence-electron chi connectivity index (χ4n) is 4.46. The second kappa shape index (κ2) is 19.6. The predicted molar refractivity (Wildman–Crippen MR) is 191 cm³/mol. The van der Waals surface area contributed by atoms with Gasteiger partial charge in [0.25, 0.3) is 0 Å². The molecule has 0 spiro atoms. The molecule has 0 saturated carbocycles. The third-order valence-electron chi connectivity index (χ3n) is 6.25. The van der Waals surface area contributed by atoms with Gasteiger partial charge in [-0.25, -0.2) is 16.8 Å². The summed E-state index contributed by atoms with van der Waals surface area (Å²) in [6.45, 7) is 0. The molecule has 0 amide bonds. The maximum Gasteiger partial charge on any atom is 2.00 e. The summed E-state index contributed by atoms with van der Waals surface area (Å²) < 4.78 is 58.2. The molecule has 0 aliphatic heterocycles. The van der Waals surface area contributed by atoms with Gasteiger partial charge >= 0.3 is 21.1 Å². The Morgan fingerprint density at radius 2 is 0.479 bits per heavy atom. The van der Waals surface area contributed by atoms with Gasteiger partial charge in [-0.3, -0.25) is 0 Å². The van der Waals surface area contributed by atoms with E-state index in [0.717, 1.165) is 0 Å². The molecule has 248 valence electrons. The quantitative estimate of drug-likeness (QED) is 0.122. The van der Waals surface area contributed by atoms with E-state index in [1.54, 1.807) is 0 Å². The van der Waals surface area contributed by atoms with Crippen LogP contribution in [0.3, 0.4) is 0 Å². The summed E-state index contributed by atoms with van der Waals surface area (Å²) in [6.07, 6.45) is 0. The van der Waals surface area contributed by atoms with Gasteiger partial charge in [-0.05, 0) is 47.7 Å². The average Bonchev–Trinajstić information content (AvgIpc) is 3.07. The molecule has 0 heterocycles. The first-order valence-electron chi connectivity index (χ1n) is 14.1. The molecule has 0 fully saturated rings. The van der Waals surface area contributed by atoms with E-state index < -0.39 is 36.6 Å². The normalized spacial score (nSPS) is 10.9. The Morgan fingerprint density at radius 1 is 0.333 bits per heavy atom. The molecular weight excluding hydrogens is 866 g/mol. The van der Waals surface area contributed by atoms with Crippen LogP contribution in [-0.4, -0.2) is 25.9 Å². The smallest absolute Gasteiger partial charge is 0.725 e. The van der Waals surface area contributed by atoms with Crippen LogP contribution in [0.1, 0.15) is 0 Å². The molecule has 7 nitrogen and oxygen atoms in total. The van der Waals surface area contributed by atoms with Crippen LogP contribution in [0, 0.1) is 0 Å². The van der Waals surface area contributed by atoms with Gasteiger partial charge in [-0.2, -0.15) is 3.63 Å². The van der Waals surface area contributed by atoms with Gasteiger partial charge in [0.05, 0.1) is 0 Å². The minimum atomic E-state index is -5.43. The van der Waals surface area contributed by atoms with Crippen molar-refractivity contribution >= 4 is 68.5 Å². The molecule has 0 aliphatic rings. The summed E-state index contributed by atoms with van der Waals surface area (Å²) in [4.78, 5) is 0. The van der Waals surface area contributed by atoms with Crippen molar-refractivity contribution in [3.05, 3.63) is 182 Å². The van der Waals surface area contributed by atoms with E-state index in [2.05, 4.69) is 186 Å². The van der Waals surface area contributed by atoms with Gasteiger partial charge in [0, 0.05) is 0 Å². The topological polar surface area (TPSA) is 124 Å². The maximum atomic E-state index is 9.29. The first kappa shape index (κ1) is 39.1. The Morgan fingerprint density at radius 3 is 0.583 bits per heavy atom. The van der Waals surface area contributed by atoms with Crippen LogP contribution in [0.15, 0.2) is 182 Å². The van der Waals surface area contributed by atoms with E-state index in [1.165, 1.54) is 31.8 Å². The molecule has 0 atom stereocenters. The molecule has 12 heteroatoms. The third-order valence-corrected chi connectivity index (χ3v) is 12.5. The number of hydrogen-bond donors (Lipinski definition) is 0. The monoisotopic (exact) mass is 895 g/mol. The number of benzene rings is 6. The Kier molecular flexibility index (Phi) is 16.0. The van der Waals surface area contributed by atoms with E-state index in [0.29, 0.717) is 0 Å². The van der Waals surface area contributed by atoms with Crippen LogP contribution >= 0.6 is 15.8 Å². The molecule has 6 aromatic carbocycles. The second-order valence-corrected chi connectivity index (χ2v) is 16.2. The number of rotatable bonds is 8. The predicted octanol–water partition coefficient (Wildman–Crippen LogP) is 4.81. The van der Waals surface area contributed by atoms with E-state index in [1.807, 2.05) is 0 Å². The molecule has 0 saturated heterocycles. The van der Waals surface area contributed by atoms with Crippen molar-refractivity contribution in [2.45, 2.75) is 0 Å². The first-order valence-corrected chi connectivity index (χ1v) is 19.5. The molecule has 0 aliphatic carbocycles. The van der Waals surface area contributed by atoms with Crippen molar-refractivity contribution in [2.75, 3.05) is 0 Å². The average molecular weight is 896 g/mol. The molecular formula is C36H30O7P2PtS2. The number of hydrogen-bond acceptors (Lipinski definition) is 7. The van der Waals surface area contributed by atoms with Crippen molar-refractivity contribution in [2.24, 2.45) is 0 Å². The largest absolute Gasteiger partial charge is 2.00 e. The molecule has 0 N–H and O–H groups in total. The molecule has 0 unspecified atom stereocenters. The minimum absolute atomic E-state index is 0. The fourth-order valence-corrected chi connectivity index (χ4v) is 9.89. The Bertz CT molecular complexity index is 1660. The Labute approximate surface area is 299 Å². The summed E-state index contributed by atoms with van der Waals surface area (Å²) in [5.74, 6) is 0. The van der Waals surface area contributed by atoms with Crippen LogP contribution in [-0.2, 0) is 45.5 Å². The zero-order chi connectivity index (χ0) is 33.5. The van der Waals surface area contributed by atoms with Crippen molar-refractivity contribution in [3.63, 3.8) is 0 Å². The zero-order valence-electron chi connectivity index (χ0n) is 25.2. The van der Waals surface area contributed by atoms with Crippen LogP contribution in [0.4, 0.5) is 0 Å². The molecule has 0 aromatic heterocycles. The zero-order valence-corrected chi connectivity index (χ0v) is 30.9. The van der Waals surface area contributed by atoms with Gasteiger partial charge < -0.3 is 9.11 Å². The summed E-state index contributed by atoms with van der Waals surface area (Å²) in [5, 5.41) is 8.39. The summed E-state index contributed by atoms with van der Waals surface area (Å²) in [7, 11) is -11.8. The first-order chi connectivity index (χ1) is 22.6. The third kappa shape index (κ3) is 13.3. The van der Waals surface area contributed by atoms with Gasteiger partial charge in [-0.1, -0.05) is 182 Å². The van der Waals surface area contributed by atoms with Crippen LogP contribution in [0.5, 0.6) is 0 Å². The Hall–Kier alpha value is -3.35. The van der Waals surface area contributed by atoms with Crippen molar-refractivity contribution in [3.8, 4) is 0 Å². The molecule has 0 radical (unpaired) electrons. The van der Waals surface area contributed by atoms with Gasteiger partial charge in [0.2, 0.25) is 20.8 Å². The second-order valence-electron chi connectivity index (χ2n) is 9.57. The van der Waals surface area contributed by atoms with E-state index >= 15 is 0 Å². The molecule has 6 rings (SSSR count). The van der Waals surface area contributed by atoms with Gasteiger partial charge in [0.1, 0.15) is 0 Å². The van der Waals surface area contributed by atoms with E-state index in [9.17, 15) is 25.9 Å². The van der Waals surface area contributed by atoms with Crippen LogP contribution in [0.2, 0.25) is 0 Å². The van der Waals surface area contributed by atoms with E-state index in [-0.39, 0.29) is 21.1 Å². The van der Waals surface area contributed by atoms with Crippen LogP contribution < -0.4 is 31.8 Å². The van der Waals surface area contributed by atoms with Gasteiger partial charge in [0.15, 0.2) is 0 Å². The van der Waals surface area contributed by atoms with Crippen LogP contribution in [0.25, 0.3) is 0 Å². The van der Waals surface area contributed by atoms with Crippen molar-refractivity contribution in [1.82, 2.24) is 0 Å². The SMILES string of the molecule is O=S(=O)([O-])OS(=O)(=O)[O-].[Pt+2].c1ccc(P(c2ccccc2)c2ccccc2)cc1.c1ccc(P(c2ccccc2)c2ccccc2)cc1.